The molecule has 0 radical (unpaired) electrons. The number of hydrogen-bond acceptors (Lipinski definition) is 6. The van der Waals surface area contributed by atoms with Gasteiger partial charge in [0.15, 0.2) is 5.76 Å². The second-order valence-corrected chi connectivity index (χ2v) is 6.52. The molecule has 0 bridgehead atoms. The summed E-state index contributed by atoms with van der Waals surface area (Å²) in [5.41, 5.74) is 2.03. The van der Waals surface area contributed by atoms with Crippen LogP contribution in [-0.2, 0) is 0 Å². The van der Waals surface area contributed by atoms with Gasteiger partial charge >= 0.3 is 5.91 Å². The molecule has 1 unspecified atom stereocenters. The van der Waals surface area contributed by atoms with Crippen molar-refractivity contribution < 1.29 is 23.8 Å². The molecule has 1 N–H and O–H groups in total. The first-order valence-corrected chi connectivity index (χ1v) is 9.07. The van der Waals surface area contributed by atoms with Crippen molar-refractivity contribution in [3.63, 3.8) is 0 Å². The fourth-order valence-corrected chi connectivity index (χ4v) is 3.42. The van der Waals surface area contributed by atoms with Gasteiger partial charge in [-0.25, -0.2) is 5.01 Å². The van der Waals surface area contributed by atoms with E-state index in [1.165, 1.54) is 11.3 Å². The largest absolute Gasteiger partial charge is 0.508 e. The van der Waals surface area contributed by atoms with Gasteiger partial charge in [-0.05, 0) is 30.3 Å². The maximum atomic E-state index is 13.0. The molecule has 2 aromatic carbocycles. The molecule has 1 atom stereocenters. The molecule has 1 aromatic heterocycles. The zero-order chi connectivity index (χ0) is 20.4. The van der Waals surface area contributed by atoms with Crippen molar-refractivity contribution in [3.8, 4) is 17.2 Å². The SMILES string of the molecule is COc1ccc(C2=NN(C(=O)c3ccco3)C(c3ccccc3O)C2)c(OC)c1. The van der Waals surface area contributed by atoms with Crippen molar-refractivity contribution in [3.05, 3.63) is 77.7 Å². The molecule has 7 heteroatoms. The van der Waals surface area contributed by atoms with E-state index in [1.807, 2.05) is 18.2 Å². The van der Waals surface area contributed by atoms with E-state index in [0.717, 1.165) is 5.56 Å². The molecule has 29 heavy (non-hydrogen) atoms. The zero-order valence-electron chi connectivity index (χ0n) is 16.0. The van der Waals surface area contributed by atoms with Crippen LogP contribution in [0.25, 0.3) is 0 Å². The predicted octanol–water partition coefficient (Wildman–Crippen LogP) is 3.99. The van der Waals surface area contributed by atoms with Gasteiger partial charge in [-0.1, -0.05) is 18.2 Å². The van der Waals surface area contributed by atoms with Crippen molar-refractivity contribution in [2.75, 3.05) is 14.2 Å². The van der Waals surface area contributed by atoms with Crippen molar-refractivity contribution in [2.24, 2.45) is 5.10 Å². The fourth-order valence-electron chi connectivity index (χ4n) is 3.42. The third kappa shape index (κ3) is 3.42. The number of benzene rings is 2. The smallest absolute Gasteiger partial charge is 0.310 e. The van der Waals surface area contributed by atoms with Crippen LogP contribution in [0.4, 0.5) is 0 Å². The Hall–Kier alpha value is -3.74. The van der Waals surface area contributed by atoms with Gasteiger partial charge in [-0.15, -0.1) is 0 Å². The Morgan fingerprint density at radius 1 is 1.14 bits per heavy atom. The van der Waals surface area contributed by atoms with E-state index in [0.29, 0.717) is 29.2 Å². The Morgan fingerprint density at radius 2 is 1.97 bits per heavy atom. The standard InChI is InChI=1S/C22H20N2O5/c1-27-14-9-10-15(21(12-14)28-2)17-13-18(16-6-3-4-7-19(16)25)24(23-17)22(26)20-8-5-11-29-20/h3-12,18,25H,13H2,1-2H3. The minimum absolute atomic E-state index is 0.105. The lowest BCUT2D eigenvalue weighted by Gasteiger charge is -2.21. The van der Waals surface area contributed by atoms with E-state index < -0.39 is 6.04 Å². The summed E-state index contributed by atoms with van der Waals surface area (Å²) in [4.78, 5) is 13.0. The highest BCUT2D eigenvalue weighted by molar-refractivity contribution is 6.06. The number of rotatable bonds is 5. The van der Waals surface area contributed by atoms with E-state index >= 15 is 0 Å². The number of hydrogen-bond donors (Lipinski definition) is 1. The van der Waals surface area contributed by atoms with Gasteiger partial charge in [0, 0.05) is 23.6 Å². The van der Waals surface area contributed by atoms with Crippen molar-refractivity contribution in [1.82, 2.24) is 5.01 Å². The Morgan fingerprint density at radius 3 is 2.66 bits per heavy atom. The molecule has 0 spiro atoms. The topological polar surface area (TPSA) is 84.5 Å². The lowest BCUT2D eigenvalue weighted by atomic mass is 9.97. The molecule has 3 aromatic rings. The van der Waals surface area contributed by atoms with Gasteiger partial charge in [0.05, 0.1) is 32.2 Å². The summed E-state index contributed by atoms with van der Waals surface area (Å²) in [6.07, 6.45) is 1.85. The van der Waals surface area contributed by atoms with E-state index in [4.69, 9.17) is 13.9 Å². The van der Waals surface area contributed by atoms with Crippen LogP contribution in [0.15, 0.2) is 70.4 Å². The van der Waals surface area contributed by atoms with Crippen LogP contribution in [0.5, 0.6) is 17.2 Å². The minimum Gasteiger partial charge on any atom is -0.508 e. The molecule has 0 saturated heterocycles. The van der Waals surface area contributed by atoms with E-state index in [-0.39, 0.29) is 17.4 Å². The Bertz CT molecular complexity index is 1060. The van der Waals surface area contributed by atoms with Crippen LogP contribution in [0.1, 0.15) is 34.1 Å². The average molecular weight is 392 g/mol. The summed E-state index contributed by atoms with van der Waals surface area (Å²) in [7, 11) is 3.15. The minimum atomic E-state index is -0.476. The zero-order valence-corrected chi connectivity index (χ0v) is 16.0. The van der Waals surface area contributed by atoms with Gasteiger partial charge in [-0.2, -0.15) is 5.10 Å². The van der Waals surface area contributed by atoms with Gasteiger partial charge < -0.3 is 19.0 Å². The van der Waals surface area contributed by atoms with Crippen LogP contribution in [0, 0.1) is 0 Å². The summed E-state index contributed by atoms with van der Waals surface area (Å²) in [5.74, 6) is 1.15. The van der Waals surface area contributed by atoms with E-state index in [9.17, 15) is 9.90 Å². The molecule has 1 aliphatic rings. The monoisotopic (exact) mass is 392 g/mol. The number of carbonyl (C=O) groups excluding carboxylic acids is 1. The summed E-state index contributed by atoms with van der Waals surface area (Å²) < 4.78 is 16.0. The summed E-state index contributed by atoms with van der Waals surface area (Å²) in [6, 6.07) is 15.1. The first-order valence-electron chi connectivity index (χ1n) is 9.07. The Balaban J connectivity index is 1.77. The first kappa shape index (κ1) is 18.6. The number of phenols is 1. The number of phenolic OH excluding ortho intramolecular Hbond substituents is 1. The second-order valence-electron chi connectivity index (χ2n) is 6.52. The highest BCUT2D eigenvalue weighted by atomic mass is 16.5. The molecule has 1 aliphatic heterocycles. The number of carbonyl (C=O) groups is 1. The summed E-state index contributed by atoms with van der Waals surface area (Å²) in [6.45, 7) is 0. The number of nitrogens with zero attached hydrogens (tertiary/aromatic N) is 2. The number of amides is 1. The van der Waals surface area contributed by atoms with Crippen LogP contribution in [-0.4, -0.2) is 36.0 Å². The molecular formula is C22H20N2O5. The number of aromatic hydroxyl groups is 1. The molecule has 0 aliphatic carbocycles. The molecule has 4 rings (SSSR count). The molecule has 1 amide bonds. The lowest BCUT2D eigenvalue weighted by molar-refractivity contribution is 0.0677. The molecule has 2 heterocycles. The highest BCUT2D eigenvalue weighted by Gasteiger charge is 2.36. The first-order chi connectivity index (χ1) is 14.1. The van der Waals surface area contributed by atoms with Crippen molar-refractivity contribution >= 4 is 11.6 Å². The Kier molecular flexibility index (Phi) is 4.95. The number of furan rings is 1. The van der Waals surface area contributed by atoms with E-state index in [2.05, 4.69) is 5.10 Å². The third-order valence-corrected chi connectivity index (χ3v) is 4.87. The fraction of sp³-hybridized carbons (Fsp3) is 0.182. The van der Waals surface area contributed by atoms with Crippen molar-refractivity contribution in [2.45, 2.75) is 12.5 Å². The maximum absolute atomic E-state index is 13.0. The lowest BCUT2D eigenvalue weighted by Crippen LogP contribution is -2.26. The van der Waals surface area contributed by atoms with Crippen LogP contribution < -0.4 is 9.47 Å². The van der Waals surface area contributed by atoms with Crippen LogP contribution in [0.3, 0.4) is 0 Å². The molecule has 0 saturated carbocycles. The summed E-state index contributed by atoms with van der Waals surface area (Å²) >= 11 is 0. The molecule has 7 nitrogen and oxygen atoms in total. The molecule has 0 fully saturated rings. The summed E-state index contributed by atoms with van der Waals surface area (Å²) in [5, 5.41) is 16.3. The van der Waals surface area contributed by atoms with Gasteiger partial charge in [0.2, 0.25) is 0 Å². The highest BCUT2D eigenvalue weighted by Crippen LogP contribution is 2.39. The van der Waals surface area contributed by atoms with Crippen molar-refractivity contribution in [1.29, 1.82) is 0 Å². The normalized spacial score (nSPS) is 15.9. The van der Waals surface area contributed by atoms with E-state index in [1.54, 1.807) is 50.6 Å². The second kappa shape index (κ2) is 7.71. The quantitative estimate of drug-likeness (QED) is 0.710. The van der Waals surface area contributed by atoms with Crippen LogP contribution in [0.2, 0.25) is 0 Å². The average Bonchev–Trinajstić information content (AvgIpc) is 3.43. The van der Waals surface area contributed by atoms with Gasteiger partial charge in [0.25, 0.3) is 0 Å². The van der Waals surface area contributed by atoms with Crippen LogP contribution >= 0.6 is 0 Å². The van der Waals surface area contributed by atoms with Gasteiger partial charge in [-0.3, -0.25) is 4.79 Å². The number of hydrazone groups is 1. The van der Waals surface area contributed by atoms with Gasteiger partial charge in [0.1, 0.15) is 17.2 Å². The molecule has 148 valence electrons. The molecular weight excluding hydrogens is 372 g/mol. The predicted molar refractivity (Wildman–Crippen MR) is 106 cm³/mol. The Labute approximate surface area is 167 Å². The number of methoxy groups -OCH3 is 2. The number of ether oxygens (including phenoxy) is 2. The number of para-hydroxylation sites is 1. The maximum Gasteiger partial charge on any atom is 0.310 e. The third-order valence-electron chi connectivity index (χ3n) is 4.87.